The fourth-order valence-electron chi connectivity index (χ4n) is 4.48. The molecule has 0 spiro atoms. The number of nitrogens with two attached hydrogens (primary N) is 1. The second-order valence-electron chi connectivity index (χ2n) is 10.0. The van der Waals surface area contributed by atoms with E-state index in [-0.39, 0.29) is 12.1 Å². The van der Waals surface area contributed by atoms with Crippen LogP contribution in [0.1, 0.15) is 27.7 Å². The quantitative estimate of drug-likeness (QED) is 0.461. The lowest BCUT2D eigenvalue weighted by molar-refractivity contribution is 0.0147. The third-order valence-corrected chi connectivity index (χ3v) is 6.15. The number of rotatable bonds is 3. The van der Waals surface area contributed by atoms with Crippen LogP contribution >= 0.6 is 0 Å². The molecule has 0 bridgehead atoms. The van der Waals surface area contributed by atoms with Crippen molar-refractivity contribution in [2.75, 3.05) is 30.4 Å². The predicted molar refractivity (Wildman–Crippen MR) is 141 cm³/mol. The van der Waals surface area contributed by atoms with Gasteiger partial charge in [-0.3, -0.25) is 0 Å². The summed E-state index contributed by atoms with van der Waals surface area (Å²) in [6.45, 7) is 9.33. The maximum absolute atomic E-state index is 12.8. The van der Waals surface area contributed by atoms with Gasteiger partial charge in [-0.05, 0) is 52.0 Å². The van der Waals surface area contributed by atoms with E-state index in [0.717, 1.165) is 28.0 Å². The summed E-state index contributed by atoms with van der Waals surface area (Å²) in [5.41, 5.74) is 9.83. The number of piperazine rings is 1. The number of pyridine rings is 2. The molecule has 1 aliphatic rings. The fraction of sp³-hybridized carbons (Fsp3) is 0.333. The van der Waals surface area contributed by atoms with Crippen molar-refractivity contribution in [3.8, 4) is 22.6 Å². The highest BCUT2D eigenvalue weighted by Gasteiger charge is 2.33. The monoisotopic (exact) mass is 485 g/mol. The molecule has 1 fully saturated rings. The molecular formula is C27H31N7O2. The Kier molecular flexibility index (Phi) is 5.99. The lowest BCUT2D eigenvalue weighted by Gasteiger charge is -2.41. The molecular weight excluding hydrogens is 454 g/mol. The first-order valence-corrected chi connectivity index (χ1v) is 12.1. The van der Waals surface area contributed by atoms with Crippen molar-refractivity contribution in [1.82, 2.24) is 24.5 Å². The number of carbonyl (C=O) groups is 1. The van der Waals surface area contributed by atoms with Crippen LogP contribution in [0.25, 0.3) is 33.8 Å². The zero-order valence-electron chi connectivity index (χ0n) is 21.0. The van der Waals surface area contributed by atoms with E-state index in [9.17, 15) is 4.79 Å². The van der Waals surface area contributed by atoms with Gasteiger partial charge in [0, 0.05) is 18.3 Å². The Labute approximate surface area is 210 Å². The summed E-state index contributed by atoms with van der Waals surface area (Å²) in [7, 11) is 0. The third kappa shape index (κ3) is 4.56. The summed E-state index contributed by atoms with van der Waals surface area (Å²) in [6.07, 6.45) is 1.37. The van der Waals surface area contributed by atoms with E-state index in [1.807, 2.05) is 87.0 Å². The lowest BCUT2D eigenvalue weighted by atomic mass is 10.1. The normalized spacial score (nSPS) is 16.4. The van der Waals surface area contributed by atoms with E-state index in [1.54, 1.807) is 11.1 Å². The predicted octanol–water partition coefficient (Wildman–Crippen LogP) is 4.32. The maximum Gasteiger partial charge on any atom is 0.410 e. The van der Waals surface area contributed by atoms with Gasteiger partial charge in [0.2, 0.25) is 0 Å². The van der Waals surface area contributed by atoms with E-state index in [2.05, 4.69) is 9.99 Å². The molecule has 4 aromatic rings. The number of benzene rings is 1. The number of nitrogens with zero attached hydrogens (tertiary/aromatic N) is 6. The summed E-state index contributed by atoms with van der Waals surface area (Å²) >= 11 is 0. The zero-order valence-corrected chi connectivity index (χ0v) is 21.0. The van der Waals surface area contributed by atoms with Gasteiger partial charge in [-0.2, -0.15) is 0 Å². The van der Waals surface area contributed by atoms with Gasteiger partial charge >= 0.3 is 6.09 Å². The molecule has 0 saturated carbocycles. The molecule has 36 heavy (non-hydrogen) atoms. The summed E-state index contributed by atoms with van der Waals surface area (Å²) < 4.78 is 7.66. The van der Waals surface area contributed by atoms with E-state index in [1.165, 1.54) is 0 Å². The summed E-state index contributed by atoms with van der Waals surface area (Å²) in [4.78, 5) is 28.8. The van der Waals surface area contributed by atoms with Crippen molar-refractivity contribution in [3.63, 3.8) is 0 Å². The minimum atomic E-state index is -0.544. The van der Waals surface area contributed by atoms with Gasteiger partial charge in [0.15, 0.2) is 11.5 Å². The molecule has 1 aromatic carbocycles. The second-order valence-corrected chi connectivity index (χ2v) is 10.0. The molecule has 1 atom stereocenters. The minimum Gasteiger partial charge on any atom is -0.444 e. The van der Waals surface area contributed by atoms with Crippen LogP contribution in [0, 0.1) is 0 Å². The zero-order chi connectivity index (χ0) is 25.4. The molecule has 1 aliphatic heterocycles. The number of carbonyl (C=O) groups excluding carboxylic acids is 1. The highest BCUT2D eigenvalue weighted by molar-refractivity contribution is 5.83. The van der Waals surface area contributed by atoms with Crippen molar-refractivity contribution >= 4 is 23.1 Å². The number of hydrogen-bond donors (Lipinski definition) is 1. The number of aromatic nitrogens is 4. The molecule has 5 rings (SSSR count). The van der Waals surface area contributed by atoms with Crippen molar-refractivity contribution < 1.29 is 9.53 Å². The van der Waals surface area contributed by atoms with Crippen LogP contribution in [0.4, 0.5) is 10.6 Å². The second kappa shape index (κ2) is 9.14. The van der Waals surface area contributed by atoms with Crippen molar-refractivity contribution in [3.05, 3.63) is 60.8 Å². The molecule has 1 saturated heterocycles. The Bertz CT molecular complexity index is 1390. The van der Waals surface area contributed by atoms with Gasteiger partial charge in [-0.25, -0.2) is 24.4 Å². The van der Waals surface area contributed by atoms with E-state index in [0.29, 0.717) is 31.3 Å². The Balaban J connectivity index is 1.57. The average Bonchev–Trinajstić information content (AvgIpc) is 3.22. The van der Waals surface area contributed by atoms with Gasteiger partial charge in [0.1, 0.15) is 16.9 Å². The van der Waals surface area contributed by atoms with Crippen LogP contribution in [-0.4, -0.2) is 61.9 Å². The standard InChI is InChI=1S/C27H31N7O2/c1-18-17-32(15-16-33(18)26(35)36-27(2,3)4)34-24(20-11-8-14-29-23(20)28)31-22-13-12-21(30-25(22)34)19-9-6-5-7-10-19/h5-14,18H,15-17H2,1-4H3,(H2,28,29)/t18-/m1/s1. The van der Waals surface area contributed by atoms with Gasteiger partial charge in [-0.15, -0.1) is 0 Å². The fourth-order valence-corrected chi connectivity index (χ4v) is 4.48. The lowest BCUT2D eigenvalue weighted by Crippen LogP contribution is -2.58. The number of imidazole rings is 1. The first kappa shape index (κ1) is 23.6. The van der Waals surface area contributed by atoms with Crippen molar-refractivity contribution in [1.29, 1.82) is 0 Å². The van der Waals surface area contributed by atoms with Gasteiger partial charge in [0.25, 0.3) is 0 Å². The highest BCUT2D eigenvalue weighted by atomic mass is 16.6. The van der Waals surface area contributed by atoms with Gasteiger partial charge in [0.05, 0.1) is 30.4 Å². The van der Waals surface area contributed by atoms with Gasteiger partial charge < -0.3 is 20.4 Å². The van der Waals surface area contributed by atoms with Crippen molar-refractivity contribution in [2.24, 2.45) is 0 Å². The Morgan fingerprint density at radius 3 is 2.50 bits per heavy atom. The molecule has 186 valence electrons. The first-order valence-electron chi connectivity index (χ1n) is 12.1. The largest absolute Gasteiger partial charge is 0.444 e. The van der Waals surface area contributed by atoms with E-state index >= 15 is 0 Å². The molecule has 0 radical (unpaired) electrons. The Hall–Kier alpha value is -4.14. The molecule has 9 heteroatoms. The van der Waals surface area contributed by atoms with Crippen LogP contribution in [0.3, 0.4) is 0 Å². The summed E-state index contributed by atoms with van der Waals surface area (Å²) in [5.74, 6) is 1.07. The molecule has 3 aromatic heterocycles. The smallest absolute Gasteiger partial charge is 0.410 e. The van der Waals surface area contributed by atoms with E-state index in [4.69, 9.17) is 20.4 Å². The van der Waals surface area contributed by atoms with E-state index < -0.39 is 5.60 Å². The number of anilines is 1. The van der Waals surface area contributed by atoms with Crippen LogP contribution < -0.4 is 10.7 Å². The molecule has 9 nitrogen and oxygen atoms in total. The third-order valence-electron chi connectivity index (χ3n) is 6.15. The molecule has 4 heterocycles. The summed E-state index contributed by atoms with van der Waals surface area (Å²) in [6, 6.07) is 17.7. The van der Waals surface area contributed by atoms with Crippen LogP contribution in [0.5, 0.6) is 0 Å². The summed E-state index contributed by atoms with van der Waals surface area (Å²) in [5, 5.41) is 2.17. The van der Waals surface area contributed by atoms with Crippen molar-refractivity contribution in [2.45, 2.75) is 39.3 Å². The molecule has 0 aliphatic carbocycles. The number of hydrogen-bond acceptors (Lipinski definition) is 7. The maximum atomic E-state index is 12.8. The number of amides is 1. The molecule has 1 amide bonds. The topological polar surface area (TPSA) is 102 Å². The molecule has 2 N–H and O–H groups in total. The average molecular weight is 486 g/mol. The SMILES string of the molecule is C[C@@H]1CN(n2c(-c3cccnc3N)nc3ccc(-c4ccccc4)nc32)CCN1C(=O)OC(C)(C)C. The van der Waals surface area contributed by atoms with Crippen LogP contribution in [0.2, 0.25) is 0 Å². The highest BCUT2D eigenvalue weighted by Crippen LogP contribution is 2.30. The first-order chi connectivity index (χ1) is 17.2. The van der Waals surface area contributed by atoms with Crippen LogP contribution in [-0.2, 0) is 4.74 Å². The molecule has 0 unspecified atom stereocenters. The number of fused-ring (bicyclic) bond motifs is 1. The number of ether oxygens (including phenoxy) is 1. The van der Waals surface area contributed by atoms with Crippen LogP contribution in [0.15, 0.2) is 60.8 Å². The van der Waals surface area contributed by atoms with Gasteiger partial charge in [-0.1, -0.05) is 30.3 Å². The Morgan fingerprint density at radius 1 is 1.03 bits per heavy atom. The number of nitrogen functional groups attached to an aromatic ring is 1. The minimum absolute atomic E-state index is 0.0811. The Morgan fingerprint density at radius 2 is 1.81 bits per heavy atom.